The molecule has 1 atom stereocenters. The molecule has 4 rings (SSSR count). The Balaban J connectivity index is 1.35. The molecule has 3 heterocycles. The summed E-state index contributed by atoms with van der Waals surface area (Å²) in [6, 6.07) is 4.31. The summed E-state index contributed by atoms with van der Waals surface area (Å²) in [5, 5.41) is 6.08. The van der Waals surface area contributed by atoms with Gasteiger partial charge in [-0.1, -0.05) is 26.0 Å². The number of aromatic nitrogens is 2. The quantitative estimate of drug-likeness (QED) is 0.640. The lowest BCUT2D eigenvalue weighted by Gasteiger charge is -2.40. The molecule has 2 amide bonds. The maximum atomic E-state index is 13.1. The van der Waals surface area contributed by atoms with E-state index in [1.54, 1.807) is 6.92 Å². The van der Waals surface area contributed by atoms with E-state index in [2.05, 4.69) is 20.6 Å². The molecule has 1 aromatic carbocycles. The highest BCUT2D eigenvalue weighted by Crippen LogP contribution is 2.36. The van der Waals surface area contributed by atoms with Gasteiger partial charge in [-0.15, -0.1) is 0 Å². The zero-order valence-corrected chi connectivity index (χ0v) is 19.8. The monoisotopic (exact) mass is 492 g/mol. The zero-order chi connectivity index (χ0) is 25.5. The minimum atomic E-state index is -4.56. The lowest BCUT2D eigenvalue weighted by Crippen LogP contribution is -2.58. The topological polar surface area (TPSA) is 99.7 Å². The van der Waals surface area contributed by atoms with Crippen molar-refractivity contribution in [3.05, 3.63) is 35.5 Å². The van der Waals surface area contributed by atoms with Crippen molar-refractivity contribution in [2.45, 2.75) is 39.0 Å². The molecule has 1 fully saturated rings. The van der Waals surface area contributed by atoms with Gasteiger partial charge in [-0.3, -0.25) is 9.59 Å². The van der Waals surface area contributed by atoms with E-state index in [1.807, 2.05) is 25.8 Å². The minimum Gasteiger partial charge on any atom is -0.483 e. The Morgan fingerprint density at radius 2 is 1.94 bits per heavy atom. The largest absolute Gasteiger partial charge is 0.483 e. The Morgan fingerprint density at radius 3 is 2.60 bits per heavy atom. The molecule has 35 heavy (non-hydrogen) atoms. The lowest BCUT2D eigenvalue weighted by atomic mass is 9.99. The summed E-state index contributed by atoms with van der Waals surface area (Å²) >= 11 is 0. The predicted octanol–water partition coefficient (Wildman–Crippen LogP) is 2.92. The molecule has 2 aliphatic heterocycles. The van der Waals surface area contributed by atoms with Crippen molar-refractivity contribution >= 4 is 29.3 Å². The number of aryl methyl sites for hydroxylation is 1. The van der Waals surface area contributed by atoms with E-state index in [0.717, 1.165) is 6.07 Å². The summed E-state index contributed by atoms with van der Waals surface area (Å²) in [6.07, 6.45) is -4.56. The molecule has 0 saturated carbocycles. The molecular weight excluding hydrogens is 465 g/mol. The maximum Gasteiger partial charge on any atom is 0.419 e. The van der Waals surface area contributed by atoms with Crippen molar-refractivity contribution < 1.29 is 27.5 Å². The van der Waals surface area contributed by atoms with Crippen LogP contribution in [0.15, 0.2) is 24.3 Å². The van der Waals surface area contributed by atoms with Gasteiger partial charge in [0.25, 0.3) is 5.91 Å². The summed E-state index contributed by atoms with van der Waals surface area (Å²) in [5.74, 6) is 0.177. The molecule has 0 aliphatic carbocycles. The third-order valence-corrected chi connectivity index (χ3v) is 6.08. The van der Waals surface area contributed by atoms with Crippen LogP contribution in [0, 0.1) is 12.8 Å². The van der Waals surface area contributed by atoms with E-state index >= 15 is 0 Å². The molecule has 12 heteroatoms. The van der Waals surface area contributed by atoms with Crippen LogP contribution in [0.1, 0.15) is 25.1 Å². The maximum absolute atomic E-state index is 13.1. The molecule has 0 spiro atoms. The number of rotatable bonds is 6. The molecule has 1 saturated heterocycles. The fourth-order valence-corrected chi connectivity index (χ4v) is 4.29. The van der Waals surface area contributed by atoms with Gasteiger partial charge in [0.15, 0.2) is 12.4 Å². The van der Waals surface area contributed by atoms with Gasteiger partial charge in [-0.2, -0.15) is 18.2 Å². The number of fused-ring (bicyclic) bond motifs is 1. The first-order chi connectivity index (χ1) is 16.5. The summed E-state index contributed by atoms with van der Waals surface area (Å²) in [5.41, 5.74) is 0.266. The number of anilines is 3. The summed E-state index contributed by atoms with van der Waals surface area (Å²) in [4.78, 5) is 37.2. The summed E-state index contributed by atoms with van der Waals surface area (Å²) < 4.78 is 44.4. The van der Waals surface area contributed by atoms with Gasteiger partial charge in [-0.05, 0) is 25.0 Å². The van der Waals surface area contributed by atoms with Gasteiger partial charge in [-0.25, -0.2) is 4.98 Å². The van der Waals surface area contributed by atoms with Crippen LogP contribution >= 0.6 is 0 Å². The average molecular weight is 493 g/mol. The number of hydrogen-bond donors (Lipinski definition) is 2. The standard InChI is InChI=1S/C23H27F3N6O3/c1-12(2)19-21(34)29-18-13(3)27-22(30-20(18)31(19)4)28-14-9-32(10-14)17(33)11-35-16-8-6-5-7-15(16)23(24,25)26/h5-8,12,14,19H,9-11H2,1-4H3,(H,29,34)(H,27,28,30)/t19-/m0/s1. The van der Waals surface area contributed by atoms with Crippen molar-refractivity contribution in [1.29, 1.82) is 0 Å². The Labute approximate surface area is 200 Å². The van der Waals surface area contributed by atoms with Crippen LogP contribution in [0.5, 0.6) is 5.75 Å². The molecule has 2 aliphatic rings. The minimum absolute atomic E-state index is 0.0800. The summed E-state index contributed by atoms with van der Waals surface area (Å²) in [6.45, 7) is 5.89. The first-order valence-corrected chi connectivity index (χ1v) is 11.2. The van der Waals surface area contributed by atoms with Gasteiger partial charge < -0.3 is 25.2 Å². The fraction of sp³-hybridized carbons (Fsp3) is 0.478. The number of halogens is 3. The molecule has 9 nitrogen and oxygen atoms in total. The Kier molecular flexibility index (Phi) is 6.48. The number of ether oxygens (including phenoxy) is 1. The molecule has 0 bridgehead atoms. The first kappa shape index (κ1) is 24.6. The Bertz CT molecular complexity index is 1130. The number of nitrogens with one attached hydrogen (secondary N) is 2. The molecule has 0 radical (unpaired) electrons. The number of nitrogens with zero attached hydrogens (tertiary/aromatic N) is 4. The lowest BCUT2D eigenvalue weighted by molar-refractivity contribution is -0.142. The number of hydrogen-bond acceptors (Lipinski definition) is 7. The van der Waals surface area contributed by atoms with Crippen molar-refractivity contribution in [2.24, 2.45) is 5.92 Å². The van der Waals surface area contributed by atoms with E-state index in [-0.39, 0.29) is 29.7 Å². The van der Waals surface area contributed by atoms with Crippen LogP contribution in [-0.2, 0) is 15.8 Å². The second kappa shape index (κ2) is 9.23. The van der Waals surface area contributed by atoms with E-state index in [0.29, 0.717) is 36.2 Å². The molecule has 0 unspecified atom stereocenters. The normalized spacial score (nSPS) is 18.2. The average Bonchev–Trinajstić information content (AvgIpc) is 2.74. The number of amides is 2. The number of benzene rings is 1. The van der Waals surface area contributed by atoms with Gasteiger partial charge >= 0.3 is 6.18 Å². The van der Waals surface area contributed by atoms with Crippen molar-refractivity contribution in [3.8, 4) is 5.75 Å². The van der Waals surface area contributed by atoms with Crippen LogP contribution < -0.4 is 20.3 Å². The predicted molar refractivity (Wildman–Crippen MR) is 123 cm³/mol. The fourth-order valence-electron chi connectivity index (χ4n) is 4.29. The van der Waals surface area contributed by atoms with Crippen molar-refractivity contribution in [3.63, 3.8) is 0 Å². The molecule has 2 aromatic rings. The van der Waals surface area contributed by atoms with Crippen molar-refractivity contribution in [2.75, 3.05) is 42.3 Å². The number of alkyl halides is 3. The van der Waals surface area contributed by atoms with Gasteiger partial charge in [0.2, 0.25) is 11.9 Å². The highest BCUT2D eigenvalue weighted by Gasteiger charge is 2.37. The number of likely N-dealkylation sites (tertiary alicyclic amines) is 1. The Hall–Kier alpha value is -3.57. The third kappa shape index (κ3) is 4.96. The smallest absolute Gasteiger partial charge is 0.419 e. The second-order valence-electron chi connectivity index (χ2n) is 9.04. The van der Waals surface area contributed by atoms with E-state index in [1.165, 1.54) is 23.1 Å². The van der Waals surface area contributed by atoms with Gasteiger partial charge in [0.1, 0.15) is 17.5 Å². The van der Waals surface area contributed by atoms with Crippen LogP contribution in [0.25, 0.3) is 0 Å². The number of likely N-dealkylation sites (N-methyl/N-ethyl adjacent to an activating group) is 1. The number of carbonyl (C=O) groups excluding carboxylic acids is 2. The van der Waals surface area contributed by atoms with Crippen LogP contribution in [-0.4, -0.2) is 65.5 Å². The van der Waals surface area contributed by atoms with Crippen molar-refractivity contribution in [1.82, 2.24) is 14.9 Å². The number of para-hydroxylation sites is 1. The summed E-state index contributed by atoms with van der Waals surface area (Å²) in [7, 11) is 1.82. The highest BCUT2D eigenvalue weighted by molar-refractivity contribution is 6.03. The third-order valence-electron chi connectivity index (χ3n) is 6.08. The second-order valence-corrected chi connectivity index (χ2v) is 9.04. The zero-order valence-electron chi connectivity index (χ0n) is 19.8. The SMILES string of the molecule is Cc1nc(NC2CN(C(=O)COc3ccccc3C(F)(F)F)C2)nc2c1NC(=O)[C@H](C(C)C)N2C. The number of carbonyl (C=O) groups is 2. The molecule has 2 N–H and O–H groups in total. The molecule has 188 valence electrons. The molecular formula is C23H27F3N6O3. The first-order valence-electron chi connectivity index (χ1n) is 11.2. The van der Waals surface area contributed by atoms with E-state index < -0.39 is 24.3 Å². The van der Waals surface area contributed by atoms with Crippen LogP contribution in [0.4, 0.5) is 30.6 Å². The van der Waals surface area contributed by atoms with Crippen LogP contribution in [0.2, 0.25) is 0 Å². The van der Waals surface area contributed by atoms with E-state index in [4.69, 9.17) is 4.74 Å². The van der Waals surface area contributed by atoms with Gasteiger partial charge in [0, 0.05) is 20.1 Å². The van der Waals surface area contributed by atoms with Gasteiger partial charge in [0.05, 0.1) is 17.3 Å². The molecule has 1 aromatic heterocycles. The van der Waals surface area contributed by atoms with E-state index in [9.17, 15) is 22.8 Å². The Morgan fingerprint density at radius 1 is 1.26 bits per heavy atom. The van der Waals surface area contributed by atoms with Crippen LogP contribution in [0.3, 0.4) is 0 Å². The highest BCUT2D eigenvalue weighted by atomic mass is 19.4.